The van der Waals surface area contributed by atoms with E-state index in [1.807, 2.05) is 6.07 Å². The topological polar surface area (TPSA) is 69.0 Å². The van der Waals surface area contributed by atoms with Crippen LogP contribution in [0.5, 0.6) is 0 Å². The molecule has 0 spiro atoms. The number of nitrogens with one attached hydrogen (secondary N) is 1. The lowest BCUT2D eigenvalue weighted by atomic mass is 10.2. The minimum Gasteiger partial charge on any atom is -0.373 e. The fourth-order valence-electron chi connectivity index (χ4n) is 1.84. The van der Waals surface area contributed by atoms with Crippen molar-refractivity contribution in [2.45, 2.75) is 0 Å². The minimum absolute atomic E-state index is 0.231. The van der Waals surface area contributed by atoms with Gasteiger partial charge in [-0.15, -0.1) is 0 Å². The highest BCUT2D eigenvalue weighted by Gasteiger charge is 2.15. The van der Waals surface area contributed by atoms with Gasteiger partial charge in [-0.2, -0.15) is 5.26 Å². The molecule has 5 nitrogen and oxygen atoms in total. The van der Waals surface area contributed by atoms with Crippen LogP contribution in [0.4, 0.5) is 11.5 Å². The molecule has 2 aromatic rings. The molecule has 1 aromatic carbocycles. The van der Waals surface area contributed by atoms with Crippen LogP contribution in [0, 0.1) is 11.3 Å². The molecule has 0 fully saturated rings. The summed E-state index contributed by atoms with van der Waals surface area (Å²) in [6.45, 7) is 0. The summed E-state index contributed by atoms with van der Waals surface area (Å²) in [5.41, 5.74) is 1.55. The Labute approximate surface area is 127 Å². The van der Waals surface area contributed by atoms with E-state index in [2.05, 4.69) is 10.3 Å². The number of pyridine rings is 1. The van der Waals surface area contributed by atoms with Crippen LogP contribution >= 0.6 is 11.6 Å². The molecule has 1 aromatic heterocycles. The summed E-state index contributed by atoms with van der Waals surface area (Å²) in [5.74, 6) is 0.288. The summed E-state index contributed by atoms with van der Waals surface area (Å²) < 4.78 is 0. The first kappa shape index (κ1) is 14.8. The zero-order valence-electron chi connectivity index (χ0n) is 11.6. The number of amides is 1. The van der Waals surface area contributed by atoms with Gasteiger partial charge in [0.15, 0.2) is 0 Å². The first-order valence-electron chi connectivity index (χ1n) is 6.18. The molecule has 0 aliphatic carbocycles. The van der Waals surface area contributed by atoms with Crippen molar-refractivity contribution in [3.8, 4) is 6.07 Å². The summed E-state index contributed by atoms with van der Waals surface area (Å²) in [4.78, 5) is 18.0. The molecule has 6 heteroatoms. The first-order chi connectivity index (χ1) is 10.0. The van der Waals surface area contributed by atoms with Crippen molar-refractivity contribution in [2.24, 2.45) is 0 Å². The molecule has 0 atom stereocenters. The van der Waals surface area contributed by atoms with Gasteiger partial charge in [0.05, 0.1) is 11.6 Å². The van der Waals surface area contributed by atoms with Gasteiger partial charge in [0.25, 0.3) is 5.91 Å². The van der Waals surface area contributed by atoms with E-state index in [0.717, 1.165) is 0 Å². The van der Waals surface area contributed by atoms with Crippen LogP contribution in [0.1, 0.15) is 15.9 Å². The SMILES string of the molecule is CNc1cc(C(=O)N(C)c2cccc(C#N)c2)cc(Cl)n1. The van der Waals surface area contributed by atoms with Crippen LogP contribution in [0.2, 0.25) is 5.15 Å². The molecule has 1 N–H and O–H groups in total. The number of nitriles is 1. The third-order valence-corrected chi connectivity index (χ3v) is 3.16. The van der Waals surface area contributed by atoms with E-state index in [9.17, 15) is 4.79 Å². The molecule has 106 valence electrons. The number of halogens is 1. The van der Waals surface area contributed by atoms with Crippen molar-refractivity contribution in [2.75, 3.05) is 24.3 Å². The Hall–Kier alpha value is -2.58. The minimum atomic E-state index is -0.231. The van der Waals surface area contributed by atoms with Crippen molar-refractivity contribution in [1.82, 2.24) is 4.98 Å². The molecular weight excluding hydrogens is 288 g/mol. The molecule has 0 unspecified atom stereocenters. The maximum Gasteiger partial charge on any atom is 0.258 e. The highest BCUT2D eigenvalue weighted by Crippen LogP contribution is 2.20. The predicted molar refractivity (Wildman–Crippen MR) is 82.7 cm³/mol. The standard InChI is InChI=1S/C15H13ClN4O/c1-18-14-8-11(7-13(16)19-14)15(21)20(2)12-5-3-4-10(6-12)9-17/h3-8H,1-2H3,(H,18,19). The number of hydrogen-bond acceptors (Lipinski definition) is 4. The first-order valence-corrected chi connectivity index (χ1v) is 6.56. The second-order valence-electron chi connectivity index (χ2n) is 4.34. The number of hydrogen-bond donors (Lipinski definition) is 1. The molecule has 1 heterocycles. The molecule has 0 aliphatic rings. The predicted octanol–water partition coefficient (Wildman–Crippen LogP) is 2.92. The average molecular weight is 301 g/mol. The van der Waals surface area contributed by atoms with Gasteiger partial charge in [-0.1, -0.05) is 17.7 Å². The summed E-state index contributed by atoms with van der Waals surface area (Å²) in [7, 11) is 3.35. The maximum absolute atomic E-state index is 12.5. The van der Waals surface area contributed by atoms with Gasteiger partial charge in [-0.05, 0) is 30.3 Å². The van der Waals surface area contributed by atoms with Gasteiger partial charge < -0.3 is 10.2 Å². The molecule has 21 heavy (non-hydrogen) atoms. The molecule has 2 rings (SSSR count). The van der Waals surface area contributed by atoms with Crippen molar-refractivity contribution in [3.63, 3.8) is 0 Å². The highest BCUT2D eigenvalue weighted by atomic mass is 35.5. The second-order valence-corrected chi connectivity index (χ2v) is 4.73. The third-order valence-electron chi connectivity index (χ3n) is 2.96. The van der Waals surface area contributed by atoms with Gasteiger partial charge >= 0.3 is 0 Å². The van der Waals surface area contributed by atoms with E-state index in [4.69, 9.17) is 16.9 Å². The monoisotopic (exact) mass is 300 g/mol. The number of carbonyl (C=O) groups excluding carboxylic acids is 1. The van der Waals surface area contributed by atoms with Crippen molar-refractivity contribution < 1.29 is 4.79 Å². The van der Waals surface area contributed by atoms with Gasteiger partial charge in [0.1, 0.15) is 11.0 Å². The van der Waals surface area contributed by atoms with E-state index in [0.29, 0.717) is 22.6 Å². The fraction of sp³-hybridized carbons (Fsp3) is 0.133. The Balaban J connectivity index is 2.35. The van der Waals surface area contributed by atoms with Crippen LogP contribution in [-0.4, -0.2) is 25.0 Å². The van der Waals surface area contributed by atoms with Crippen molar-refractivity contribution >= 4 is 29.0 Å². The zero-order chi connectivity index (χ0) is 15.4. The Morgan fingerprint density at radius 1 is 1.38 bits per heavy atom. The van der Waals surface area contributed by atoms with Gasteiger partial charge in [0, 0.05) is 25.3 Å². The molecule has 1 amide bonds. The van der Waals surface area contributed by atoms with E-state index < -0.39 is 0 Å². The number of carbonyl (C=O) groups is 1. The summed E-state index contributed by atoms with van der Waals surface area (Å²) in [6.07, 6.45) is 0. The van der Waals surface area contributed by atoms with E-state index >= 15 is 0 Å². The zero-order valence-corrected chi connectivity index (χ0v) is 12.3. The van der Waals surface area contributed by atoms with E-state index in [-0.39, 0.29) is 11.1 Å². The average Bonchev–Trinajstić information content (AvgIpc) is 2.52. The lowest BCUT2D eigenvalue weighted by Crippen LogP contribution is -2.26. The number of anilines is 2. The summed E-state index contributed by atoms with van der Waals surface area (Å²) in [6, 6.07) is 12.0. The molecular formula is C15H13ClN4O. The molecule has 0 radical (unpaired) electrons. The normalized spacial score (nSPS) is 9.81. The lowest BCUT2D eigenvalue weighted by Gasteiger charge is -2.18. The molecule has 0 bridgehead atoms. The third kappa shape index (κ3) is 3.30. The van der Waals surface area contributed by atoms with Gasteiger partial charge in [0.2, 0.25) is 0 Å². The summed E-state index contributed by atoms with van der Waals surface area (Å²) in [5, 5.41) is 12.0. The van der Waals surface area contributed by atoms with Crippen molar-refractivity contribution in [1.29, 1.82) is 5.26 Å². The Bertz CT molecular complexity index is 724. The largest absolute Gasteiger partial charge is 0.373 e. The second kappa shape index (κ2) is 6.25. The number of aromatic nitrogens is 1. The Morgan fingerprint density at radius 3 is 2.81 bits per heavy atom. The summed E-state index contributed by atoms with van der Waals surface area (Å²) >= 11 is 5.91. The fourth-order valence-corrected chi connectivity index (χ4v) is 2.05. The lowest BCUT2D eigenvalue weighted by molar-refractivity contribution is 0.0993. The number of nitrogens with zero attached hydrogens (tertiary/aromatic N) is 3. The smallest absolute Gasteiger partial charge is 0.258 e. The quantitative estimate of drug-likeness (QED) is 0.885. The Kier molecular flexibility index (Phi) is 4.41. The molecule has 0 aliphatic heterocycles. The Morgan fingerprint density at radius 2 is 2.14 bits per heavy atom. The van der Waals surface area contributed by atoms with Crippen LogP contribution in [0.25, 0.3) is 0 Å². The number of benzene rings is 1. The van der Waals surface area contributed by atoms with E-state index in [1.165, 1.54) is 11.0 Å². The number of rotatable bonds is 3. The van der Waals surface area contributed by atoms with Gasteiger partial charge in [-0.3, -0.25) is 4.79 Å². The molecule has 0 saturated carbocycles. The van der Waals surface area contributed by atoms with Crippen LogP contribution in [0.15, 0.2) is 36.4 Å². The van der Waals surface area contributed by atoms with Gasteiger partial charge in [-0.25, -0.2) is 4.98 Å². The van der Waals surface area contributed by atoms with Crippen LogP contribution in [0.3, 0.4) is 0 Å². The van der Waals surface area contributed by atoms with Crippen molar-refractivity contribution in [3.05, 3.63) is 52.7 Å². The van der Waals surface area contributed by atoms with Crippen LogP contribution < -0.4 is 10.2 Å². The van der Waals surface area contributed by atoms with Crippen LogP contribution in [-0.2, 0) is 0 Å². The van der Waals surface area contributed by atoms with E-state index in [1.54, 1.807) is 44.4 Å². The maximum atomic E-state index is 12.5. The molecule has 0 saturated heterocycles. The highest BCUT2D eigenvalue weighted by molar-refractivity contribution is 6.30.